The summed E-state index contributed by atoms with van der Waals surface area (Å²) < 4.78 is 7.36. The highest BCUT2D eigenvalue weighted by Gasteiger charge is 2.27. The van der Waals surface area contributed by atoms with Crippen LogP contribution < -0.4 is 5.73 Å². The Hall–Kier alpha value is -2.30. The third-order valence-corrected chi connectivity index (χ3v) is 7.92. The van der Waals surface area contributed by atoms with Crippen LogP contribution in [0.1, 0.15) is 44.5 Å². The van der Waals surface area contributed by atoms with Crippen molar-refractivity contribution >= 4 is 27.8 Å². The largest absolute Gasteiger partial charge is 0.396 e. The lowest BCUT2D eigenvalue weighted by atomic mass is 9.92. The highest BCUT2D eigenvalue weighted by molar-refractivity contribution is 6.06. The van der Waals surface area contributed by atoms with Crippen LogP contribution in [0.25, 0.3) is 21.9 Å². The molecule has 4 rings (SSSR count). The average Bonchev–Trinajstić information content (AvgIpc) is 3.29. The number of nitrogens with zero attached hydrogens (tertiary/aromatic N) is 5. The van der Waals surface area contributed by atoms with E-state index in [9.17, 15) is 10.2 Å². The summed E-state index contributed by atoms with van der Waals surface area (Å²) in [7, 11) is 1.76. The number of piperazine rings is 1. The number of imidazole rings is 1. The van der Waals surface area contributed by atoms with Gasteiger partial charge in [0.25, 0.3) is 0 Å². The van der Waals surface area contributed by atoms with Crippen molar-refractivity contribution in [3.8, 4) is 0 Å². The number of hydrogen-bond acceptors (Lipinski definition) is 8. The van der Waals surface area contributed by atoms with Crippen molar-refractivity contribution in [2.75, 3.05) is 71.9 Å². The smallest absolute Gasteiger partial charge is 0.152 e. The molecule has 3 heterocycles. The van der Waals surface area contributed by atoms with Crippen molar-refractivity contribution in [3.63, 3.8) is 0 Å². The molecule has 0 aliphatic carbocycles. The van der Waals surface area contributed by atoms with Crippen molar-refractivity contribution < 1.29 is 14.9 Å². The van der Waals surface area contributed by atoms with Gasteiger partial charge in [-0.2, -0.15) is 0 Å². The van der Waals surface area contributed by atoms with Gasteiger partial charge in [-0.1, -0.05) is 32.4 Å². The number of nitrogen functional groups attached to an aromatic ring is 1. The third-order valence-electron chi connectivity index (χ3n) is 7.92. The first-order valence-electron chi connectivity index (χ1n) is 14.1. The van der Waals surface area contributed by atoms with Crippen LogP contribution >= 0.6 is 0 Å². The molecule has 4 N–H and O–H groups in total. The number of aliphatic hydroxyl groups is 2. The van der Waals surface area contributed by atoms with Crippen LogP contribution in [0.15, 0.2) is 18.2 Å². The van der Waals surface area contributed by atoms with Gasteiger partial charge in [0.05, 0.1) is 30.9 Å². The number of unbranched alkanes of at least 4 members (excludes halogenated alkanes) is 1. The first kappa shape index (κ1) is 28.7. The van der Waals surface area contributed by atoms with Crippen LogP contribution in [0, 0.1) is 5.41 Å². The van der Waals surface area contributed by atoms with E-state index in [0.717, 1.165) is 100 Å². The molecule has 2 aromatic heterocycles. The van der Waals surface area contributed by atoms with E-state index in [1.165, 1.54) is 5.56 Å². The van der Waals surface area contributed by atoms with Gasteiger partial charge in [-0.15, -0.1) is 0 Å². The highest BCUT2D eigenvalue weighted by Crippen LogP contribution is 2.32. The summed E-state index contributed by atoms with van der Waals surface area (Å²) in [4.78, 5) is 14.7. The molecule has 0 atom stereocenters. The number of methoxy groups -OCH3 is 1. The lowest BCUT2D eigenvalue weighted by Gasteiger charge is -2.34. The van der Waals surface area contributed by atoms with Crippen molar-refractivity contribution in [2.45, 2.75) is 52.5 Å². The monoisotopic (exact) mass is 526 g/mol. The molecule has 3 aromatic rings. The third kappa shape index (κ3) is 6.63. The van der Waals surface area contributed by atoms with Gasteiger partial charge in [0.15, 0.2) is 5.82 Å². The Kier molecular flexibility index (Phi) is 9.95. The van der Waals surface area contributed by atoms with E-state index < -0.39 is 5.41 Å². The molecule has 0 unspecified atom stereocenters. The van der Waals surface area contributed by atoms with Gasteiger partial charge >= 0.3 is 0 Å². The SMILES string of the molecule is CCCCc1nc2c(N)nc3cc(CCCN4CCN(CCOC)CC4)ccc3c2n1CC(C)(CO)CO. The fraction of sp³-hybridized carbons (Fsp3) is 0.655. The van der Waals surface area contributed by atoms with E-state index in [0.29, 0.717) is 17.9 Å². The van der Waals surface area contributed by atoms with Crippen LogP contribution in [0.4, 0.5) is 5.82 Å². The van der Waals surface area contributed by atoms with Crippen LogP contribution in [-0.4, -0.2) is 101 Å². The number of pyridine rings is 1. The number of anilines is 1. The zero-order valence-corrected chi connectivity index (χ0v) is 23.5. The van der Waals surface area contributed by atoms with Crippen molar-refractivity contribution in [1.29, 1.82) is 0 Å². The van der Waals surface area contributed by atoms with Gasteiger partial charge in [0, 0.05) is 63.6 Å². The fourth-order valence-electron chi connectivity index (χ4n) is 5.35. The fourth-order valence-corrected chi connectivity index (χ4v) is 5.35. The Morgan fingerprint density at radius 2 is 1.71 bits per heavy atom. The summed E-state index contributed by atoms with van der Waals surface area (Å²) in [5, 5.41) is 21.0. The molecule has 0 saturated carbocycles. The van der Waals surface area contributed by atoms with Crippen LogP contribution in [0.5, 0.6) is 0 Å². The molecule has 9 nitrogen and oxygen atoms in total. The molecule has 1 saturated heterocycles. The summed E-state index contributed by atoms with van der Waals surface area (Å²) in [5.41, 5.74) is 9.58. The second-order valence-electron chi connectivity index (χ2n) is 11.2. The van der Waals surface area contributed by atoms with Gasteiger partial charge in [0.1, 0.15) is 11.3 Å². The van der Waals surface area contributed by atoms with Crippen molar-refractivity contribution in [2.24, 2.45) is 5.41 Å². The molecule has 0 spiro atoms. The molecule has 210 valence electrons. The minimum atomic E-state index is -0.659. The normalized spacial score (nSPS) is 15.7. The van der Waals surface area contributed by atoms with E-state index in [1.807, 2.05) is 6.92 Å². The molecule has 1 aromatic carbocycles. The Bertz CT molecular complexity index is 1180. The topological polar surface area (TPSA) is 113 Å². The minimum absolute atomic E-state index is 0.110. The Balaban J connectivity index is 1.53. The number of aryl methyl sites for hydroxylation is 2. The lowest BCUT2D eigenvalue weighted by molar-refractivity contribution is 0.0557. The zero-order chi connectivity index (χ0) is 27.1. The summed E-state index contributed by atoms with van der Waals surface area (Å²) in [6, 6.07) is 6.50. The predicted molar refractivity (Wildman–Crippen MR) is 153 cm³/mol. The molecule has 0 radical (unpaired) electrons. The van der Waals surface area contributed by atoms with E-state index in [2.05, 4.69) is 39.5 Å². The highest BCUT2D eigenvalue weighted by atomic mass is 16.5. The Morgan fingerprint density at radius 1 is 1.00 bits per heavy atom. The van der Waals surface area contributed by atoms with Crippen LogP contribution in [0.3, 0.4) is 0 Å². The summed E-state index contributed by atoms with van der Waals surface area (Å²) in [6.45, 7) is 11.7. The number of fused-ring (bicyclic) bond motifs is 3. The lowest BCUT2D eigenvalue weighted by Crippen LogP contribution is -2.47. The van der Waals surface area contributed by atoms with Gasteiger partial charge in [-0.3, -0.25) is 4.90 Å². The molecule has 38 heavy (non-hydrogen) atoms. The molecule has 0 bridgehead atoms. The number of benzene rings is 1. The van der Waals surface area contributed by atoms with Gasteiger partial charge in [0.2, 0.25) is 0 Å². The van der Waals surface area contributed by atoms with E-state index >= 15 is 0 Å². The number of nitrogens with two attached hydrogens (primary N) is 1. The second kappa shape index (κ2) is 13.2. The molecule has 0 amide bonds. The summed E-state index contributed by atoms with van der Waals surface area (Å²) >= 11 is 0. The molecule has 1 fully saturated rings. The maximum atomic E-state index is 10.0. The van der Waals surface area contributed by atoms with Gasteiger partial charge in [-0.05, 0) is 37.4 Å². The molecule has 9 heteroatoms. The van der Waals surface area contributed by atoms with Crippen molar-refractivity contribution in [3.05, 3.63) is 29.6 Å². The Labute approximate surface area is 226 Å². The minimum Gasteiger partial charge on any atom is -0.396 e. The number of aliphatic hydroxyl groups excluding tert-OH is 2. The van der Waals surface area contributed by atoms with Crippen molar-refractivity contribution in [1.82, 2.24) is 24.3 Å². The standard InChI is InChI=1S/C29H46N6O3/c1-4-5-8-25-32-26-27(35(25)19-29(2,20-36)21-37)23-10-9-22(18-24(23)31-28(26)30)7-6-11-33-12-14-34(15-13-33)16-17-38-3/h9-10,18,36-37H,4-8,11-17,19-21H2,1-3H3,(H2,30,31). The maximum Gasteiger partial charge on any atom is 0.152 e. The first-order valence-corrected chi connectivity index (χ1v) is 14.1. The zero-order valence-electron chi connectivity index (χ0n) is 23.5. The molecular weight excluding hydrogens is 480 g/mol. The van der Waals surface area contributed by atoms with Gasteiger partial charge < -0.3 is 30.2 Å². The summed E-state index contributed by atoms with van der Waals surface area (Å²) in [5.74, 6) is 1.37. The summed E-state index contributed by atoms with van der Waals surface area (Å²) in [6.07, 6.45) is 4.98. The van der Waals surface area contributed by atoms with Gasteiger partial charge in [-0.25, -0.2) is 9.97 Å². The number of hydrogen-bond donors (Lipinski definition) is 3. The second-order valence-corrected chi connectivity index (χ2v) is 11.2. The first-order chi connectivity index (χ1) is 18.4. The quantitative estimate of drug-likeness (QED) is 0.294. The molecule has 1 aliphatic heterocycles. The number of rotatable bonds is 14. The Morgan fingerprint density at radius 3 is 2.37 bits per heavy atom. The number of aromatic nitrogens is 3. The molecular formula is C29H46N6O3. The van der Waals surface area contributed by atoms with Crippen LogP contribution in [0.2, 0.25) is 0 Å². The number of ether oxygens (including phenoxy) is 1. The maximum absolute atomic E-state index is 10.0. The molecule has 1 aliphatic rings. The predicted octanol–water partition coefficient (Wildman–Crippen LogP) is 2.70. The van der Waals surface area contributed by atoms with Crippen LogP contribution in [-0.2, 0) is 24.1 Å². The van der Waals surface area contributed by atoms with E-state index in [-0.39, 0.29) is 13.2 Å². The van der Waals surface area contributed by atoms with E-state index in [1.54, 1.807) is 7.11 Å². The average molecular weight is 527 g/mol. The van der Waals surface area contributed by atoms with E-state index in [4.69, 9.17) is 20.4 Å².